The Morgan fingerprint density at radius 3 is 2.80 bits per heavy atom. The van der Waals surface area contributed by atoms with E-state index in [1.54, 1.807) is 31.2 Å². The molecule has 0 spiro atoms. The first-order chi connectivity index (χ1) is 12.0. The molecule has 1 amide bonds. The normalized spacial score (nSPS) is 22.7. The molecule has 1 aromatic heterocycles. The van der Waals surface area contributed by atoms with Crippen molar-refractivity contribution in [3.63, 3.8) is 0 Å². The van der Waals surface area contributed by atoms with Gasteiger partial charge >= 0.3 is 5.69 Å². The highest BCUT2D eigenvalue weighted by Crippen LogP contribution is 2.27. The summed E-state index contributed by atoms with van der Waals surface area (Å²) in [5, 5.41) is 12.9. The van der Waals surface area contributed by atoms with Crippen LogP contribution in [0.25, 0.3) is 0 Å². The van der Waals surface area contributed by atoms with E-state index in [1.165, 1.54) is 10.8 Å². The maximum absolute atomic E-state index is 12.1. The van der Waals surface area contributed by atoms with E-state index in [2.05, 4.69) is 10.3 Å². The van der Waals surface area contributed by atoms with Crippen LogP contribution in [0.2, 0.25) is 0 Å². The van der Waals surface area contributed by atoms with Gasteiger partial charge in [0.1, 0.15) is 12.3 Å². The van der Waals surface area contributed by atoms with Crippen LogP contribution in [0.3, 0.4) is 0 Å². The molecule has 0 bridgehead atoms. The number of aliphatic hydroxyl groups excluding tert-OH is 1. The summed E-state index contributed by atoms with van der Waals surface area (Å²) >= 11 is 0. The highest BCUT2D eigenvalue weighted by Gasteiger charge is 2.35. The van der Waals surface area contributed by atoms with Crippen LogP contribution >= 0.6 is 0 Å². The lowest BCUT2D eigenvalue weighted by atomic mass is 10.1. The van der Waals surface area contributed by atoms with Crippen LogP contribution < -0.4 is 16.6 Å². The molecule has 0 saturated carbocycles. The first kappa shape index (κ1) is 17.1. The Bertz CT molecular complexity index is 874. The number of aromatic amines is 1. The van der Waals surface area contributed by atoms with Gasteiger partial charge in [0.25, 0.3) is 11.5 Å². The number of carbonyl (C=O) groups is 1. The Balaban J connectivity index is 1.66. The van der Waals surface area contributed by atoms with Crippen molar-refractivity contribution in [3.8, 4) is 0 Å². The van der Waals surface area contributed by atoms with Crippen LogP contribution in [0.5, 0.6) is 0 Å². The molecule has 1 aliphatic rings. The minimum absolute atomic E-state index is 0.114. The van der Waals surface area contributed by atoms with Crippen LogP contribution in [-0.2, 0) is 4.74 Å². The highest BCUT2D eigenvalue weighted by molar-refractivity contribution is 5.94. The van der Waals surface area contributed by atoms with Gasteiger partial charge in [0.15, 0.2) is 0 Å². The molecule has 132 valence electrons. The van der Waals surface area contributed by atoms with Crippen molar-refractivity contribution in [2.75, 3.05) is 6.54 Å². The largest absolute Gasteiger partial charge is 0.390 e. The molecule has 1 fully saturated rings. The number of nitrogens with zero attached hydrogens (tertiary/aromatic N) is 1. The number of ether oxygens (including phenoxy) is 1. The fourth-order valence-electron chi connectivity index (χ4n) is 2.75. The van der Waals surface area contributed by atoms with Crippen LogP contribution in [0.1, 0.15) is 28.6 Å². The summed E-state index contributed by atoms with van der Waals surface area (Å²) in [5.74, 6) is -0.267. The summed E-state index contributed by atoms with van der Waals surface area (Å²) in [4.78, 5) is 37.6. The molecule has 0 aliphatic carbocycles. The van der Waals surface area contributed by atoms with E-state index in [-0.39, 0.29) is 18.9 Å². The topological polar surface area (TPSA) is 113 Å². The molecular weight excluding hydrogens is 326 g/mol. The molecule has 3 rings (SSSR count). The predicted molar refractivity (Wildman–Crippen MR) is 89.4 cm³/mol. The molecule has 8 heteroatoms. The maximum atomic E-state index is 12.1. The van der Waals surface area contributed by atoms with Gasteiger partial charge < -0.3 is 15.2 Å². The average Bonchev–Trinajstić information content (AvgIpc) is 2.97. The standard InChI is InChI=1S/C17H19N3O5/c1-10-9-20(17(24)19-15(10)22)14-7-12(21)13(25-14)8-18-16(23)11-5-3-2-4-6-11/h2-6,9,12-14,21H,7-8H2,1H3,(H,18,23)(H,19,22,24)/t12-,13+,14+/m0/s1. The summed E-state index contributed by atoms with van der Waals surface area (Å²) in [6.45, 7) is 1.69. The van der Waals surface area contributed by atoms with E-state index in [1.807, 2.05) is 6.07 Å². The Hall–Kier alpha value is -2.71. The van der Waals surface area contributed by atoms with E-state index >= 15 is 0 Å². The summed E-state index contributed by atoms with van der Waals surface area (Å²) in [7, 11) is 0. The summed E-state index contributed by atoms with van der Waals surface area (Å²) < 4.78 is 6.95. The van der Waals surface area contributed by atoms with Crippen molar-refractivity contribution < 1.29 is 14.6 Å². The van der Waals surface area contributed by atoms with Crippen LogP contribution in [0.4, 0.5) is 0 Å². The minimum Gasteiger partial charge on any atom is -0.390 e. The third-order valence-electron chi connectivity index (χ3n) is 4.16. The number of rotatable bonds is 4. The van der Waals surface area contributed by atoms with E-state index in [0.717, 1.165) is 0 Å². The molecule has 8 nitrogen and oxygen atoms in total. The minimum atomic E-state index is -0.833. The summed E-state index contributed by atoms with van der Waals surface area (Å²) in [5.41, 5.74) is -0.161. The fraction of sp³-hybridized carbons (Fsp3) is 0.353. The molecular formula is C17H19N3O5. The van der Waals surface area contributed by atoms with Crippen LogP contribution in [-0.4, -0.2) is 39.3 Å². The molecule has 0 unspecified atom stereocenters. The monoisotopic (exact) mass is 345 g/mol. The predicted octanol–water partition coefficient (Wildman–Crippen LogP) is -0.0766. The van der Waals surface area contributed by atoms with Gasteiger partial charge in [-0.15, -0.1) is 0 Å². The van der Waals surface area contributed by atoms with Gasteiger partial charge in [-0.05, 0) is 19.1 Å². The Morgan fingerprint density at radius 2 is 2.08 bits per heavy atom. The molecule has 0 radical (unpaired) electrons. The first-order valence-corrected chi connectivity index (χ1v) is 7.94. The zero-order valence-electron chi connectivity index (χ0n) is 13.6. The maximum Gasteiger partial charge on any atom is 0.330 e. The molecule has 1 aliphatic heterocycles. The molecule has 2 aromatic rings. The number of amides is 1. The second kappa shape index (κ2) is 7.04. The van der Waals surface area contributed by atoms with Gasteiger partial charge in [-0.3, -0.25) is 19.1 Å². The smallest absolute Gasteiger partial charge is 0.330 e. The number of benzene rings is 1. The second-order valence-corrected chi connectivity index (χ2v) is 5.99. The Labute approximate surface area is 143 Å². The number of hydrogen-bond donors (Lipinski definition) is 3. The van der Waals surface area contributed by atoms with Crippen molar-refractivity contribution in [1.82, 2.24) is 14.9 Å². The van der Waals surface area contributed by atoms with Crippen molar-refractivity contribution in [2.24, 2.45) is 0 Å². The number of aliphatic hydroxyl groups is 1. The molecule has 1 aromatic carbocycles. The molecule has 1 saturated heterocycles. The van der Waals surface area contributed by atoms with E-state index in [9.17, 15) is 19.5 Å². The van der Waals surface area contributed by atoms with Crippen molar-refractivity contribution in [2.45, 2.75) is 31.8 Å². The lowest BCUT2D eigenvalue weighted by molar-refractivity contribution is -0.0187. The molecule has 3 N–H and O–H groups in total. The van der Waals surface area contributed by atoms with Gasteiger partial charge in [-0.1, -0.05) is 18.2 Å². The molecule has 2 heterocycles. The SMILES string of the molecule is Cc1cn([C@H]2C[C@H](O)[C@@H](CNC(=O)c3ccccc3)O2)c(=O)[nH]c1=O. The number of hydrogen-bond acceptors (Lipinski definition) is 5. The summed E-state index contributed by atoms with van der Waals surface area (Å²) in [6, 6.07) is 8.71. The Kier molecular flexibility index (Phi) is 4.82. The second-order valence-electron chi connectivity index (χ2n) is 5.99. The third kappa shape index (κ3) is 3.70. The first-order valence-electron chi connectivity index (χ1n) is 7.94. The average molecular weight is 345 g/mol. The van der Waals surface area contributed by atoms with Crippen LogP contribution in [0, 0.1) is 6.92 Å². The highest BCUT2D eigenvalue weighted by atomic mass is 16.5. The van der Waals surface area contributed by atoms with Crippen molar-refractivity contribution in [3.05, 3.63) is 68.5 Å². The van der Waals surface area contributed by atoms with Gasteiger partial charge in [-0.25, -0.2) is 4.79 Å². The van der Waals surface area contributed by atoms with Gasteiger partial charge in [0, 0.05) is 30.3 Å². The van der Waals surface area contributed by atoms with Crippen molar-refractivity contribution >= 4 is 5.91 Å². The van der Waals surface area contributed by atoms with E-state index < -0.39 is 29.7 Å². The Morgan fingerprint density at radius 1 is 1.36 bits per heavy atom. The van der Waals surface area contributed by atoms with Gasteiger partial charge in [0.2, 0.25) is 0 Å². The molecule has 3 atom stereocenters. The number of carbonyl (C=O) groups excluding carboxylic acids is 1. The number of H-pyrrole nitrogens is 1. The molecule has 25 heavy (non-hydrogen) atoms. The van der Waals surface area contributed by atoms with Gasteiger partial charge in [-0.2, -0.15) is 0 Å². The van der Waals surface area contributed by atoms with Crippen molar-refractivity contribution in [1.29, 1.82) is 0 Å². The van der Waals surface area contributed by atoms with Gasteiger partial charge in [0.05, 0.1) is 6.10 Å². The lowest BCUT2D eigenvalue weighted by Gasteiger charge is -2.17. The lowest BCUT2D eigenvalue weighted by Crippen LogP contribution is -2.37. The number of aryl methyl sites for hydroxylation is 1. The zero-order chi connectivity index (χ0) is 18.0. The van der Waals surface area contributed by atoms with E-state index in [4.69, 9.17) is 4.74 Å². The number of nitrogens with one attached hydrogen (secondary N) is 2. The third-order valence-corrected chi connectivity index (χ3v) is 4.16. The number of aromatic nitrogens is 2. The quantitative estimate of drug-likeness (QED) is 0.717. The zero-order valence-corrected chi connectivity index (χ0v) is 13.6. The van der Waals surface area contributed by atoms with Crippen LogP contribution in [0.15, 0.2) is 46.1 Å². The summed E-state index contributed by atoms with van der Waals surface area (Å²) in [6.07, 6.45) is -0.575. The fourth-order valence-corrected chi connectivity index (χ4v) is 2.75. The van der Waals surface area contributed by atoms with E-state index in [0.29, 0.717) is 11.1 Å².